The number of thiophene rings is 1. The first-order chi connectivity index (χ1) is 13.3. The van der Waals surface area contributed by atoms with Crippen LogP contribution < -0.4 is 10.1 Å². The third kappa shape index (κ3) is 4.31. The van der Waals surface area contributed by atoms with Crippen molar-refractivity contribution in [2.75, 3.05) is 19.8 Å². The minimum atomic E-state index is -0.0996. The summed E-state index contributed by atoms with van der Waals surface area (Å²) in [5, 5.41) is 6.48. The van der Waals surface area contributed by atoms with Crippen LogP contribution in [0.2, 0.25) is 0 Å². The van der Waals surface area contributed by atoms with E-state index in [0.29, 0.717) is 24.5 Å². The van der Waals surface area contributed by atoms with Crippen molar-refractivity contribution in [2.45, 2.75) is 25.4 Å². The standard InChI is InChI=1S/C22H23NO3S/c24-22(23-12-11-16-15-27-21-10-4-2-7-18(16)21)19-8-1-3-9-20(19)26-14-17-6-5-13-25-17/h1-4,7-10,15,17H,5-6,11-14H2,(H,23,24). The average molecular weight is 381 g/mol. The van der Waals surface area contributed by atoms with Gasteiger partial charge >= 0.3 is 0 Å². The van der Waals surface area contributed by atoms with Crippen molar-refractivity contribution >= 4 is 27.3 Å². The number of amides is 1. The number of nitrogens with one attached hydrogen (secondary N) is 1. The fraction of sp³-hybridized carbons (Fsp3) is 0.318. The number of rotatable bonds is 7. The van der Waals surface area contributed by atoms with Crippen LogP contribution in [-0.2, 0) is 11.2 Å². The highest BCUT2D eigenvalue weighted by atomic mass is 32.1. The van der Waals surface area contributed by atoms with Gasteiger partial charge < -0.3 is 14.8 Å². The third-order valence-electron chi connectivity index (χ3n) is 4.82. The van der Waals surface area contributed by atoms with E-state index in [9.17, 15) is 4.79 Å². The molecule has 1 fully saturated rings. The molecule has 27 heavy (non-hydrogen) atoms. The molecule has 5 heteroatoms. The lowest BCUT2D eigenvalue weighted by atomic mass is 10.1. The largest absolute Gasteiger partial charge is 0.490 e. The summed E-state index contributed by atoms with van der Waals surface area (Å²) in [5.41, 5.74) is 1.85. The Balaban J connectivity index is 1.35. The Morgan fingerprint density at radius 3 is 2.93 bits per heavy atom. The number of benzene rings is 2. The lowest BCUT2D eigenvalue weighted by Crippen LogP contribution is -2.26. The molecule has 1 aliphatic heterocycles. The first-order valence-corrected chi connectivity index (χ1v) is 10.3. The molecule has 0 aliphatic carbocycles. The minimum Gasteiger partial charge on any atom is -0.490 e. The number of carbonyl (C=O) groups is 1. The Labute approximate surface area is 163 Å². The van der Waals surface area contributed by atoms with Gasteiger partial charge in [-0.1, -0.05) is 30.3 Å². The van der Waals surface area contributed by atoms with Crippen LogP contribution in [0.3, 0.4) is 0 Å². The van der Waals surface area contributed by atoms with Gasteiger partial charge in [-0.2, -0.15) is 0 Å². The molecule has 0 radical (unpaired) electrons. The number of para-hydroxylation sites is 1. The van der Waals surface area contributed by atoms with Gasteiger partial charge in [-0.3, -0.25) is 4.79 Å². The van der Waals surface area contributed by atoms with Gasteiger partial charge in [0.15, 0.2) is 0 Å². The van der Waals surface area contributed by atoms with Gasteiger partial charge in [0.1, 0.15) is 12.4 Å². The summed E-state index contributed by atoms with van der Waals surface area (Å²) in [4.78, 5) is 12.6. The van der Waals surface area contributed by atoms with Crippen molar-refractivity contribution < 1.29 is 14.3 Å². The molecule has 1 atom stereocenters. The summed E-state index contributed by atoms with van der Waals surface area (Å²) in [6.45, 7) is 1.89. The molecule has 2 aromatic carbocycles. The van der Waals surface area contributed by atoms with Crippen LogP contribution in [-0.4, -0.2) is 31.8 Å². The van der Waals surface area contributed by atoms with Crippen molar-refractivity contribution in [3.63, 3.8) is 0 Å². The van der Waals surface area contributed by atoms with Crippen LogP contribution in [0.5, 0.6) is 5.75 Å². The molecule has 1 amide bonds. The fourth-order valence-corrected chi connectivity index (χ4v) is 4.37. The number of fused-ring (bicyclic) bond motifs is 1. The molecule has 2 heterocycles. The maximum atomic E-state index is 12.6. The molecular weight excluding hydrogens is 358 g/mol. The van der Waals surface area contributed by atoms with E-state index in [-0.39, 0.29) is 12.0 Å². The summed E-state index contributed by atoms with van der Waals surface area (Å²) in [6.07, 6.45) is 3.04. The van der Waals surface area contributed by atoms with E-state index >= 15 is 0 Å². The highest BCUT2D eigenvalue weighted by molar-refractivity contribution is 7.17. The zero-order chi connectivity index (χ0) is 18.5. The topological polar surface area (TPSA) is 47.6 Å². The van der Waals surface area contributed by atoms with Gasteiger partial charge in [-0.25, -0.2) is 0 Å². The average Bonchev–Trinajstić information content (AvgIpc) is 3.37. The molecule has 0 spiro atoms. The van der Waals surface area contributed by atoms with E-state index in [1.165, 1.54) is 15.6 Å². The van der Waals surface area contributed by atoms with Crippen LogP contribution in [0.1, 0.15) is 28.8 Å². The monoisotopic (exact) mass is 381 g/mol. The second kappa shape index (κ2) is 8.55. The summed E-state index contributed by atoms with van der Waals surface area (Å²) < 4.78 is 12.7. The Morgan fingerprint density at radius 2 is 2.04 bits per heavy atom. The van der Waals surface area contributed by atoms with E-state index in [2.05, 4.69) is 35.0 Å². The predicted octanol–water partition coefficient (Wildman–Crippen LogP) is 4.43. The lowest BCUT2D eigenvalue weighted by molar-refractivity contribution is 0.0670. The van der Waals surface area contributed by atoms with Crippen LogP contribution in [0.25, 0.3) is 10.1 Å². The number of hydrogen-bond donors (Lipinski definition) is 1. The van der Waals surface area contributed by atoms with Crippen LogP contribution in [0, 0.1) is 0 Å². The van der Waals surface area contributed by atoms with Crippen molar-refractivity contribution in [3.05, 3.63) is 65.0 Å². The second-order valence-electron chi connectivity index (χ2n) is 6.71. The highest BCUT2D eigenvalue weighted by Gasteiger charge is 2.18. The van der Waals surface area contributed by atoms with E-state index in [4.69, 9.17) is 9.47 Å². The van der Waals surface area contributed by atoms with E-state index in [1.807, 2.05) is 18.2 Å². The second-order valence-corrected chi connectivity index (χ2v) is 7.62. The van der Waals surface area contributed by atoms with E-state index < -0.39 is 0 Å². The van der Waals surface area contributed by atoms with E-state index in [0.717, 1.165) is 25.9 Å². The molecule has 1 unspecified atom stereocenters. The normalized spacial score (nSPS) is 16.5. The zero-order valence-corrected chi connectivity index (χ0v) is 16.0. The minimum absolute atomic E-state index is 0.0996. The quantitative estimate of drug-likeness (QED) is 0.658. The summed E-state index contributed by atoms with van der Waals surface area (Å²) >= 11 is 1.75. The van der Waals surface area contributed by atoms with Crippen molar-refractivity contribution in [1.29, 1.82) is 0 Å². The number of carbonyl (C=O) groups excluding carboxylic acids is 1. The third-order valence-corrected chi connectivity index (χ3v) is 5.83. The van der Waals surface area contributed by atoms with Gasteiger partial charge in [0.25, 0.3) is 5.91 Å². The van der Waals surface area contributed by atoms with Crippen molar-refractivity contribution in [2.24, 2.45) is 0 Å². The molecule has 0 bridgehead atoms. The molecule has 140 valence electrons. The zero-order valence-electron chi connectivity index (χ0n) is 15.1. The summed E-state index contributed by atoms with van der Waals surface area (Å²) in [7, 11) is 0. The maximum absolute atomic E-state index is 12.6. The van der Waals surface area contributed by atoms with Crippen molar-refractivity contribution in [3.8, 4) is 5.75 Å². The smallest absolute Gasteiger partial charge is 0.255 e. The van der Waals surface area contributed by atoms with Gasteiger partial charge in [-0.05, 0) is 53.8 Å². The Morgan fingerprint density at radius 1 is 1.19 bits per heavy atom. The summed E-state index contributed by atoms with van der Waals surface area (Å²) in [5.74, 6) is 0.518. The predicted molar refractivity (Wildman–Crippen MR) is 109 cm³/mol. The first kappa shape index (κ1) is 18.0. The highest BCUT2D eigenvalue weighted by Crippen LogP contribution is 2.26. The Bertz CT molecular complexity index is 915. The molecule has 1 saturated heterocycles. The molecule has 4 nitrogen and oxygen atoms in total. The number of ether oxygens (including phenoxy) is 2. The lowest BCUT2D eigenvalue weighted by Gasteiger charge is -2.14. The van der Waals surface area contributed by atoms with Crippen LogP contribution in [0.15, 0.2) is 53.9 Å². The molecule has 4 rings (SSSR count). The van der Waals surface area contributed by atoms with Gasteiger partial charge in [0, 0.05) is 17.9 Å². The van der Waals surface area contributed by atoms with Crippen LogP contribution in [0.4, 0.5) is 0 Å². The SMILES string of the molecule is O=C(NCCc1csc2ccccc12)c1ccccc1OCC1CCCO1. The first-order valence-electron chi connectivity index (χ1n) is 9.38. The van der Waals surface area contributed by atoms with Crippen LogP contribution >= 0.6 is 11.3 Å². The molecule has 3 aromatic rings. The summed E-state index contributed by atoms with van der Waals surface area (Å²) in [6, 6.07) is 15.8. The van der Waals surface area contributed by atoms with Gasteiger partial charge in [0.05, 0.1) is 11.7 Å². The fourth-order valence-electron chi connectivity index (χ4n) is 3.37. The molecule has 0 saturated carbocycles. The molecule has 1 aliphatic rings. The van der Waals surface area contributed by atoms with Crippen molar-refractivity contribution in [1.82, 2.24) is 5.32 Å². The van der Waals surface area contributed by atoms with E-state index in [1.54, 1.807) is 17.4 Å². The molecular formula is C22H23NO3S. The molecule has 1 N–H and O–H groups in total. The Hall–Kier alpha value is -2.37. The van der Waals surface area contributed by atoms with Gasteiger partial charge in [0.2, 0.25) is 0 Å². The molecule has 1 aromatic heterocycles. The maximum Gasteiger partial charge on any atom is 0.255 e. The number of hydrogen-bond acceptors (Lipinski definition) is 4. The van der Waals surface area contributed by atoms with Gasteiger partial charge in [-0.15, -0.1) is 11.3 Å². The Kier molecular flexibility index (Phi) is 5.70.